The third-order valence-electron chi connectivity index (χ3n) is 3.37. The number of hydrogen-bond donors (Lipinski definition) is 1. The third-order valence-corrected chi connectivity index (χ3v) is 5.21. The molecule has 0 heterocycles. The van der Waals surface area contributed by atoms with Crippen LogP contribution in [0.25, 0.3) is 0 Å². The predicted octanol–water partition coefficient (Wildman–Crippen LogP) is 3.57. The minimum absolute atomic E-state index is 0.0131. The van der Waals surface area contributed by atoms with Gasteiger partial charge in [-0.2, -0.15) is 13.5 Å². The van der Waals surface area contributed by atoms with E-state index in [9.17, 15) is 8.42 Å². The fourth-order valence-electron chi connectivity index (χ4n) is 2.15. The molecule has 0 aliphatic heterocycles. The summed E-state index contributed by atoms with van der Waals surface area (Å²) in [6, 6.07) is 9.64. The van der Waals surface area contributed by atoms with Crippen molar-refractivity contribution in [3.05, 3.63) is 46.4 Å². The Labute approximate surface area is 167 Å². The molecule has 146 valence electrons. The van der Waals surface area contributed by atoms with E-state index in [1.807, 2.05) is 13.8 Å². The zero-order valence-corrected chi connectivity index (χ0v) is 17.8. The molecule has 0 saturated carbocycles. The van der Waals surface area contributed by atoms with Crippen LogP contribution in [-0.4, -0.2) is 35.0 Å². The summed E-state index contributed by atoms with van der Waals surface area (Å²) in [7, 11) is -0.931. The van der Waals surface area contributed by atoms with Gasteiger partial charge < -0.3 is 14.2 Å². The molecule has 7 nitrogen and oxygen atoms in total. The molecule has 0 aliphatic rings. The maximum atomic E-state index is 12.4. The van der Waals surface area contributed by atoms with E-state index in [-0.39, 0.29) is 11.0 Å². The fourth-order valence-corrected chi connectivity index (χ4v) is 3.45. The van der Waals surface area contributed by atoms with Crippen LogP contribution in [0.15, 0.2) is 50.9 Å². The Kier molecular flexibility index (Phi) is 7.09. The Balaban J connectivity index is 2.14. The Hall–Kier alpha value is -2.26. The van der Waals surface area contributed by atoms with Gasteiger partial charge in [0.1, 0.15) is 5.75 Å². The molecule has 0 amide bonds. The third kappa shape index (κ3) is 5.61. The van der Waals surface area contributed by atoms with Crippen LogP contribution in [0.1, 0.15) is 19.4 Å². The Morgan fingerprint density at radius 2 is 1.70 bits per heavy atom. The van der Waals surface area contributed by atoms with E-state index < -0.39 is 10.0 Å². The van der Waals surface area contributed by atoms with E-state index in [2.05, 4.69) is 25.9 Å². The number of sulfonamides is 1. The summed E-state index contributed by atoms with van der Waals surface area (Å²) in [4.78, 5) is 2.19. The number of ether oxygens (including phenoxy) is 3. The number of nitrogens with one attached hydrogen (secondary N) is 1. The van der Waals surface area contributed by atoms with Crippen molar-refractivity contribution in [3.8, 4) is 17.2 Å². The van der Waals surface area contributed by atoms with E-state index in [1.165, 1.54) is 38.6 Å². The van der Waals surface area contributed by atoms with Crippen molar-refractivity contribution in [2.45, 2.75) is 24.8 Å². The summed E-state index contributed by atoms with van der Waals surface area (Å²) >= 11 is 3.42. The van der Waals surface area contributed by atoms with E-state index in [0.717, 1.165) is 4.47 Å². The highest BCUT2D eigenvalue weighted by atomic mass is 79.9. The number of nitrogens with zero attached hydrogens (tertiary/aromatic N) is 1. The van der Waals surface area contributed by atoms with Crippen LogP contribution in [0.2, 0.25) is 0 Å². The standard InChI is InChI=1S/C18H21BrN2O5S/c1-12(2)26-16-7-5-13(9-15(16)19)11-20-21-27(22,23)14-6-8-17(24-3)18(10-14)25-4/h5-12,21H,1-4H3/b20-11+. The van der Waals surface area contributed by atoms with Gasteiger partial charge in [0.25, 0.3) is 10.0 Å². The van der Waals surface area contributed by atoms with E-state index >= 15 is 0 Å². The first-order valence-corrected chi connectivity index (χ1v) is 10.3. The first-order chi connectivity index (χ1) is 12.8. The van der Waals surface area contributed by atoms with Crippen molar-refractivity contribution in [1.29, 1.82) is 0 Å². The minimum Gasteiger partial charge on any atom is -0.493 e. The van der Waals surface area contributed by atoms with Gasteiger partial charge in [-0.15, -0.1) is 0 Å². The van der Waals surface area contributed by atoms with Gasteiger partial charge in [0.15, 0.2) is 11.5 Å². The average molecular weight is 457 g/mol. The number of hydrazone groups is 1. The summed E-state index contributed by atoms with van der Waals surface area (Å²) < 4.78 is 41.4. The van der Waals surface area contributed by atoms with Crippen LogP contribution in [-0.2, 0) is 10.0 Å². The number of hydrogen-bond acceptors (Lipinski definition) is 6. The van der Waals surface area contributed by atoms with E-state index in [0.29, 0.717) is 22.8 Å². The van der Waals surface area contributed by atoms with Crippen molar-refractivity contribution >= 4 is 32.2 Å². The van der Waals surface area contributed by atoms with Crippen molar-refractivity contribution in [2.24, 2.45) is 5.10 Å². The molecule has 0 unspecified atom stereocenters. The highest BCUT2D eigenvalue weighted by Crippen LogP contribution is 2.29. The van der Waals surface area contributed by atoms with Crippen molar-refractivity contribution in [3.63, 3.8) is 0 Å². The average Bonchev–Trinajstić information content (AvgIpc) is 2.62. The number of methoxy groups -OCH3 is 2. The van der Waals surface area contributed by atoms with E-state index in [4.69, 9.17) is 14.2 Å². The maximum absolute atomic E-state index is 12.4. The number of halogens is 1. The molecule has 0 radical (unpaired) electrons. The summed E-state index contributed by atoms with van der Waals surface area (Å²) in [5.74, 6) is 1.45. The van der Waals surface area contributed by atoms with Gasteiger partial charge in [-0.05, 0) is 65.7 Å². The molecular formula is C18H21BrN2O5S. The molecule has 2 rings (SSSR count). The van der Waals surface area contributed by atoms with Crippen LogP contribution in [0.4, 0.5) is 0 Å². The summed E-state index contributed by atoms with van der Waals surface area (Å²) in [6.45, 7) is 3.87. The molecule has 0 aliphatic carbocycles. The molecular weight excluding hydrogens is 436 g/mol. The minimum atomic E-state index is -3.84. The van der Waals surface area contributed by atoms with E-state index in [1.54, 1.807) is 18.2 Å². The molecule has 0 saturated heterocycles. The van der Waals surface area contributed by atoms with Gasteiger partial charge in [0.2, 0.25) is 0 Å². The summed E-state index contributed by atoms with van der Waals surface area (Å²) in [5.41, 5.74) is 0.702. The normalized spacial score (nSPS) is 11.6. The molecule has 0 fully saturated rings. The maximum Gasteiger partial charge on any atom is 0.276 e. The van der Waals surface area contributed by atoms with Crippen molar-refractivity contribution in [1.82, 2.24) is 4.83 Å². The number of benzene rings is 2. The predicted molar refractivity (Wildman–Crippen MR) is 107 cm³/mol. The monoisotopic (exact) mass is 456 g/mol. The molecule has 0 atom stereocenters. The Bertz CT molecular complexity index is 929. The molecule has 2 aromatic carbocycles. The van der Waals surface area contributed by atoms with Gasteiger partial charge in [-0.3, -0.25) is 0 Å². The lowest BCUT2D eigenvalue weighted by Gasteiger charge is -2.11. The van der Waals surface area contributed by atoms with Crippen LogP contribution in [0.5, 0.6) is 17.2 Å². The smallest absolute Gasteiger partial charge is 0.276 e. The van der Waals surface area contributed by atoms with Crippen LogP contribution < -0.4 is 19.0 Å². The SMILES string of the molecule is COc1ccc(S(=O)(=O)N/N=C/c2ccc(OC(C)C)c(Br)c2)cc1OC. The fraction of sp³-hybridized carbons (Fsp3) is 0.278. The van der Waals surface area contributed by atoms with Gasteiger partial charge in [0.05, 0.1) is 35.9 Å². The zero-order valence-electron chi connectivity index (χ0n) is 15.4. The lowest BCUT2D eigenvalue weighted by atomic mass is 10.2. The summed E-state index contributed by atoms with van der Waals surface area (Å²) in [5, 5.41) is 3.82. The Morgan fingerprint density at radius 1 is 1.04 bits per heavy atom. The molecule has 0 aromatic heterocycles. The zero-order chi connectivity index (χ0) is 20.0. The van der Waals surface area contributed by atoms with Crippen LogP contribution in [0, 0.1) is 0 Å². The molecule has 0 bridgehead atoms. The first-order valence-electron chi connectivity index (χ1n) is 8.00. The summed E-state index contributed by atoms with van der Waals surface area (Å²) in [6.07, 6.45) is 1.46. The lowest BCUT2D eigenvalue weighted by Crippen LogP contribution is -2.18. The van der Waals surface area contributed by atoms with Crippen LogP contribution >= 0.6 is 15.9 Å². The highest BCUT2D eigenvalue weighted by molar-refractivity contribution is 9.10. The molecule has 9 heteroatoms. The lowest BCUT2D eigenvalue weighted by molar-refractivity contribution is 0.241. The number of rotatable bonds is 8. The highest BCUT2D eigenvalue weighted by Gasteiger charge is 2.16. The molecule has 2 aromatic rings. The second-order valence-electron chi connectivity index (χ2n) is 5.73. The van der Waals surface area contributed by atoms with Gasteiger partial charge in [0, 0.05) is 6.07 Å². The molecule has 27 heavy (non-hydrogen) atoms. The van der Waals surface area contributed by atoms with Crippen LogP contribution in [0.3, 0.4) is 0 Å². The first kappa shape index (κ1) is 21.0. The molecule has 1 N–H and O–H groups in total. The van der Waals surface area contributed by atoms with Crippen molar-refractivity contribution < 1.29 is 22.6 Å². The topological polar surface area (TPSA) is 86.2 Å². The van der Waals surface area contributed by atoms with Crippen molar-refractivity contribution in [2.75, 3.05) is 14.2 Å². The second-order valence-corrected chi connectivity index (χ2v) is 8.24. The quantitative estimate of drug-likeness (QED) is 0.484. The Morgan fingerprint density at radius 3 is 2.30 bits per heavy atom. The van der Waals surface area contributed by atoms with Gasteiger partial charge >= 0.3 is 0 Å². The van der Waals surface area contributed by atoms with Gasteiger partial charge in [-0.25, -0.2) is 4.83 Å². The van der Waals surface area contributed by atoms with Gasteiger partial charge in [-0.1, -0.05) is 0 Å². The second kappa shape index (κ2) is 9.09. The largest absolute Gasteiger partial charge is 0.493 e. The molecule has 0 spiro atoms.